The van der Waals surface area contributed by atoms with E-state index >= 15 is 0 Å². The fraction of sp³-hybridized carbons (Fsp3) is 0.438. The van der Waals surface area contributed by atoms with Gasteiger partial charge in [0.25, 0.3) is 0 Å². The molecule has 0 amide bonds. The molecule has 0 heteroatoms. The number of fused-ring (bicyclic) bond motifs is 3. The van der Waals surface area contributed by atoms with Crippen LogP contribution in [-0.4, -0.2) is 0 Å². The molecule has 2 aliphatic carbocycles. The van der Waals surface area contributed by atoms with Gasteiger partial charge < -0.3 is 0 Å². The molecule has 32 heavy (non-hydrogen) atoms. The minimum Gasteiger partial charge on any atom is -0.0619 e. The minimum absolute atomic E-state index is 0.0290. The third kappa shape index (κ3) is 3.26. The van der Waals surface area contributed by atoms with Crippen LogP contribution in [0.25, 0.3) is 11.1 Å². The third-order valence-electron chi connectivity index (χ3n) is 8.61. The third-order valence-corrected chi connectivity index (χ3v) is 8.61. The Morgan fingerprint density at radius 2 is 1.41 bits per heavy atom. The van der Waals surface area contributed by atoms with Crippen molar-refractivity contribution < 1.29 is 0 Å². The summed E-state index contributed by atoms with van der Waals surface area (Å²) < 4.78 is 0. The molecule has 0 aromatic heterocycles. The lowest BCUT2D eigenvalue weighted by Crippen LogP contribution is -2.24. The number of rotatable bonds is 3. The van der Waals surface area contributed by atoms with Crippen LogP contribution in [0.5, 0.6) is 0 Å². The molecular formula is C32H38. The van der Waals surface area contributed by atoms with Gasteiger partial charge in [0.1, 0.15) is 0 Å². The van der Waals surface area contributed by atoms with Gasteiger partial charge in [0.2, 0.25) is 0 Å². The summed E-state index contributed by atoms with van der Waals surface area (Å²) in [6.07, 6.45) is 6.89. The molecule has 1 fully saturated rings. The van der Waals surface area contributed by atoms with Crippen molar-refractivity contribution in [3.8, 4) is 11.1 Å². The molecule has 1 saturated carbocycles. The summed E-state index contributed by atoms with van der Waals surface area (Å²) in [7, 11) is 0. The molecule has 3 aromatic carbocycles. The van der Waals surface area contributed by atoms with Gasteiger partial charge in [0.15, 0.2) is 0 Å². The fourth-order valence-corrected chi connectivity index (χ4v) is 6.68. The molecule has 3 aromatic rings. The van der Waals surface area contributed by atoms with Crippen molar-refractivity contribution in [1.82, 2.24) is 0 Å². The molecule has 0 aliphatic heterocycles. The second kappa shape index (κ2) is 7.62. The van der Waals surface area contributed by atoms with E-state index in [1.807, 2.05) is 0 Å². The van der Waals surface area contributed by atoms with Gasteiger partial charge in [-0.25, -0.2) is 0 Å². The van der Waals surface area contributed by atoms with Crippen molar-refractivity contribution in [1.29, 1.82) is 0 Å². The van der Waals surface area contributed by atoms with Crippen LogP contribution in [0.15, 0.2) is 54.6 Å². The maximum atomic E-state index is 2.55. The Bertz CT molecular complexity index is 1170. The molecule has 5 rings (SSSR count). The summed E-state index contributed by atoms with van der Waals surface area (Å²) in [5.74, 6) is 0.744. The number of aryl methyl sites for hydroxylation is 2. The van der Waals surface area contributed by atoms with Crippen molar-refractivity contribution in [2.75, 3.05) is 0 Å². The van der Waals surface area contributed by atoms with Gasteiger partial charge in [-0.15, -0.1) is 0 Å². The van der Waals surface area contributed by atoms with Gasteiger partial charge in [0.05, 0.1) is 0 Å². The molecule has 0 saturated heterocycles. The van der Waals surface area contributed by atoms with Crippen molar-refractivity contribution in [2.24, 2.45) is 0 Å². The zero-order valence-electron chi connectivity index (χ0n) is 20.8. The summed E-state index contributed by atoms with van der Waals surface area (Å²) in [6.45, 7) is 14.3. The van der Waals surface area contributed by atoms with Crippen LogP contribution in [0.2, 0.25) is 0 Å². The van der Waals surface area contributed by atoms with E-state index in [0.29, 0.717) is 0 Å². The highest BCUT2D eigenvalue weighted by molar-refractivity contribution is 5.82. The Morgan fingerprint density at radius 3 is 2.16 bits per heavy atom. The van der Waals surface area contributed by atoms with Gasteiger partial charge in [-0.3, -0.25) is 0 Å². The van der Waals surface area contributed by atoms with Gasteiger partial charge in [-0.1, -0.05) is 102 Å². The first kappa shape index (κ1) is 21.5. The van der Waals surface area contributed by atoms with Crippen LogP contribution < -0.4 is 0 Å². The normalized spacial score (nSPS) is 17.8. The standard InChI is InChI=1S/C32H38/c1-21-16-17-24(23-12-8-7-9-13-23)19-28(21)32(5,6)29-20-30-26(18-22(29)2)25-14-10-11-15-27(25)31(30,3)4/h10-11,14-20,23H,7-9,12-13H2,1-6H3. The Kier molecular flexibility index (Phi) is 5.12. The maximum Gasteiger partial charge on any atom is 0.0158 e. The quantitative estimate of drug-likeness (QED) is 0.395. The second-order valence-corrected chi connectivity index (χ2v) is 11.4. The van der Waals surface area contributed by atoms with Crippen LogP contribution >= 0.6 is 0 Å². The summed E-state index contributed by atoms with van der Waals surface area (Å²) in [5, 5.41) is 0. The Morgan fingerprint density at radius 1 is 0.719 bits per heavy atom. The lowest BCUT2D eigenvalue weighted by molar-refractivity contribution is 0.443. The van der Waals surface area contributed by atoms with E-state index in [-0.39, 0.29) is 10.8 Å². The van der Waals surface area contributed by atoms with Crippen LogP contribution in [0.4, 0.5) is 0 Å². The predicted octanol–water partition coefficient (Wildman–Crippen LogP) is 8.98. The average molecular weight is 423 g/mol. The zero-order valence-corrected chi connectivity index (χ0v) is 20.8. The maximum absolute atomic E-state index is 2.55. The average Bonchev–Trinajstić information content (AvgIpc) is 3.00. The van der Waals surface area contributed by atoms with E-state index in [2.05, 4.69) is 96.1 Å². The van der Waals surface area contributed by atoms with Crippen LogP contribution in [0, 0.1) is 13.8 Å². The molecule has 2 aliphatic rings. The van der Waals surface area contributed by atoms with Crippen molar-refractivity contribution in [3.63, 3.8) is 0 Å². The van der Waals surface area contributed by atoms with Crippen molar-refractivity contribution in [3.05, 3.63) is 93.5 Å². The molecule has 0 spiro atoms. The number of hydrogen-bond donors (Lipinski definition) is 0. The molecule has 0 bridgehead atoms. The predicted molar refractivity (Wildman–Crippen MR) is 138 cm³/mol. The topological polar surface area (TPSA) is 0 Å². The first-order valence-corrected chi connectivity index (χ1v) is 12.6. The summed E-state index contributed by atoms with van der Waals surface area (Å²) in [6, 6.07) is 21.3. The summed E-state index contributed by atoms with van der Waals surface area (Å²) in [4.78, 5) is 0. The molecule has 0 atom stereocenters. The lowest BCUT2D eigenvalue weighted by Gasteiger charge is -2.33. The number of hydrogen-bond acceptors (Lipinski definition) is 0. The highest BCUT2D eigenvalue weighted by Crippen LogP contribution is 2.51. The summed E-state index contributed by atoms with van der Waals surface area (Å²) >= 11 is 0. The monoisotopic (exact) mass is 422 g/mol. The highest BCUT2D eigenvalue weighted by Gasteiger charge is 2.37. The van der Waals surface area contributed by atoms with E-state index in [1.54, 1.807) is 5.56 Å². The molecule has 0 heterocycles. The van der Waals surface area contributed by atoms with E-state index in [1.165, 1.54) is 76.6 Å². The van der Waals surface area contributed by atoms with Crippen molar-refractivity contribution >= 4 is 0 Å². The molecule has 0 N–H and O–H groups in total. The first-order chi connectivity index (χ1) is 15.2. The number of benzene rings is 3. The fourth-order valence-electron chi connectivity index (χ4n) is 6.68. The molecular weight excluding hydrogens is 384 g/mol. The first-order valence-electron chi connectivity index (χ1n) is 12.6. The molecule has 0 unspecified atom stereocenters. The van der Waals surface area contributed by atoms with Crippen LogP contribution in [0.1, 0.15) is 105 Å². The molecule has 0 radical (unpaired) electrons. The van der Waals surface area contributed by atoms with Crippen LogP contribution in [-0.2, 0) is 10.8 Å². The van der Waals surface area contributed by atoms with E-state index in [4.69, 9.17) is 0 Å². The van der Waals surface area contributed by atoms with E-state index in [9.17, 15) is 0 Å². The van der Waals surface area contributed by atoms with E-state index < -0.39 is 0 Å². The van der Waals surface area contributed by atoms with Gasteiger partial charge >= 0.3 is 0 Å². The minimum atomic E-state index is -0.0290. The SMILES string of the molecule is Cc1ccc(C2CCCCC2)cc1C(C)(C)c1cc2c(cc1C)-c1ccccc1C2(C)C. The molecule has 0 nitrogen and oxygen atoms in total. The van der Waals surface area contributed by atoms with Gasteiger partial charge in [-0.2, -0.15) is 0 Å². The van der Waals surface area contributed by atoms with Crippen LogP contribution in [0.3, 0.4) is 0 Å². The Hall–Kier alpha value is -2.34. The summed E-state index contributed by atoms with van der Waals surface area (Å²) in [5.41, 5.74) is 13.1. The zero-order chi connectivity index (χ0) is 22.7. The smallest absolute Gasteiger partial charge is 0.0158 e. The lowest BCUT2D eigenvalue weighted by atomic mass is 9.71. The largest absolute Gasteiger partial charge is 0.0619 e. The van der Waals surface area contributed by atoms with E-state index in [0.717, 1.165) is 5.92 Å². The van der Waals surface area contributed by atoms with Crippen molar-refractivity contribution in [2.45, 2.75) is 90.4 Å². The Balaban J connectivity index is 1.62. The van der Waals surface area contributed by atoms with Gasteiger partial charge in [0, 0.05) is 10.8 Å². The second-order valence-electron chi connectivity index (χ2n) is 11.4. The molecule has 166 valence electrons. The van der Waals surface area contributed by atoms with Gasteiger partial charge in [-0.05, 0) is 82.7 Å². The Labute approximate surface area is 195 Å². The highest BCUT2D eigenvalue weighted by atomic mass is 14.4.